The maximum atomic E-state index is 5.76. The average molecular weight is 194 g/mol. The van der Waals surface area contributed by atoms with Crippen molar-refractivity contribution in [1.29, 1.82) is 0 Å². The molecule has 0 saturated heterocycles. The van der Waals surface area contributed by atoms with Gasteiger partial charge >= 0.3 is 0 Å². The molecule has 0 amide bonds. The van der Waals surface area contributed by atoms with Crippen LogP contribution in [0, 0.1) is 0 Å². The molecule has 0 aromatic heterocycles. The Balaban J connectivity index is 3.65. The highest BCUT2D eigenvalue weighted by atomic mass is 35.5. The second-order valence-electron chi connectivity index (χ2n) is 2.99. The van der Waals surface area contributed by atoms with Gasteiger partial charge in [-0.3, -0.25) is 0 Å². The fraction of sp³-hybridized carbons (Fsp3) is 1.00. The molecule has 1 atom stereocenters. The zero-order valence-corrected chi connectivity index (χ0v) is 9.03. The third-order valence-electron chi connectivity index (χ3n) is 2.01. The van der Waals surface area contributed by atoms with Crippen LogP contribution in [0.2, 0.25) is 0 Å². The van der Waals surface area contributed by atoms with Gasteiger partial charge in [0, 0.05) is 25.1 Å². The predicted octanol–water partition coefficient (Wildman–Crippen LogP) is 2.02. The molecule has 0 aromatic carbocycles. The van der Waals surface area contributed by atoms with Crippen molar-refractivity contribution in [3.05, 3.63) is 0 Å². The van der Waals surface area contributed by atoms with E-state index in [1.54, 1.807) is 7.11 Å². The molecule has 0 rings (SSSR count). The molecule has 0 aromatic rings. The van der Waals surface area contributed by atoms with Crippen LogP contribution in [0.3, 0.4) is 0 Å². The topological polar surface area (TPSA) is 21.3 Å². The fourth-order valence-corrected chi connectivity index (χ4v) is 1.37. The van der Waals surface area contributed by atoms with Gasteiger partial charge in [0.25, 0.3) is 0 Å². The zero-order valence-electron chi connectivity index (χ0n) is 8.27. The van der Waals surface area contributed by atoms with Crippen LogP contribution >= 0.6 is 11.6 Å². The molecule has 0 aliphatic rings. The average Bonchev–Trinajstić information content (AvgIpc) is 2.12. The maximum absolute atomic E-state index is 5.76. The van der Waals surface area contributed by atoms with Crippen molar-refractivity contribution in [2.75, 3.05) is 19.6 Å². The SMILES string of the molecule is CCC(CC)NC(CCl)COC. The predicted molar refractivity (Wildman–Crippen MR) is 53.9 cm³/mol. The Kier molecular flexibility index (Phi) is 7.98. The molecular formula is C9H20ClNO. The largest absolute Gasteiger partial charge is 0.383 e. The molecule has 2 nitrogen and oxygen atoms in total. The lowest BCUT2D eigenvalue weighted by Crippen LogP contribution is -2.41. The number of alkyl halides is 1. The molecule has 1 unspecified atom stereocenters. The number of ether oxygens (including phenoxy) is 1. The Morgan fingerprint density at radius 2 is 1.83 bits per heavy atom. The minimum absolute atomic E-state index is 0.293. The second-order valence-corrected chi connectivity index (χ2v) is 3.30. The normalized spacial score (nSPS) is 13.8. The van der Waals surface area contributed by atoms with Crippen molar-refractivity contribution in [1.82, 2.24) is 5.32 Å². The summed E-state index contributed by atoms with van der Waals surface area (Å²) >= 11 is 5.76. The molecule has 1 N–H and O–H groups in total. The monoisotopic (exact) mass is 193 g/mol. The summed E-state index contributed by atoms with van der Waals surface area (Å²) in [5, 5.41) is 3.45. The first-order valence-electron chi connectivity index (χ1n) is 4.59. The van der Waals surface area contributed by atoms with Gasteiger partial charge in [0.2, 0.25) is 0 Å². The van der Waals surface area contributed by atoms with Gasteiger partial charge in [-0.05, 0) is 12.8 Å². The Bertz CT molecular complexity index is 96.5. The van der Waals surface area contributed by atoms with Crippen molar-refractivity contribution in [3.8, 4) is 0 Å². The van der Waals surface area contributed by atoms with Gasteiger partial charge in [-0.1, -0.05) is 13.8 Å². The summed E-state index contributed by atoms with van der Waals surface area (Å²) in [4.78, 5) is 0. The lowest BCUT2D eigenvalue weighted by molar-refractivity contribution is 0.166. The van der Waals surface area contributed by atoms with E-state index in [1.165, 1.54) is 0 Å². The van der Waals surface area contributed by atoms with Crippen LogP contribution in [0.15, 0.2) is 0 Å². The van der Waals surface area contributed by atoms with Crippen molar-refractivity contribution < 1.29 is 4.74 Å². The Morgan fingerprint density at radius 1 is 1.25 bits per heavy atom. The summed E-state index contributed by atoms with van der Waals surface area (Å²) in [6, 6.07) is 0.866. The van der Waals surface area contributed by atoms with E-state index < -0.39 is 0 Å². The van der Waals surface area contributed by atoms with E-state index >= 15 is 0 Å². The van der Waals surface area contributed by atoms with E-state index in [1.807, 2.05) is 0 Å². The van der Waals surface area contributed by atoms with E-state index in [-0.39, 0.29) is 0 Å². The summed E-state index contributed by atoms with van der Waals surface area (Å²) in [5.41, 5.74) is 0. The fourth-order valence-electron chi connectivity index (χ4n) is 1.20. The van der Waals surface area contributed by atoms with Crippen LogP contribution in [0.5, 0.6) is 0 Å². The van der Waals surface area contributed by atoms with Crippen molar-refractivity contribution >= 4 is 11.6 Å². The Labute approximate surface area is 80.6 Å². The van der Waals surface area contributed by atoms with Crippen LogP contribution in [0.4, 0.5) is 0 Å². The van der Waals surface area contributed by atoms with Gasteiger partial charge in [-0.25, -0.2) is 0 Å². The second kappa shape index (κ2) is 7.84. The van der Waals surface area contributed by atoms with Crippen LogP contribution in [-0.2, 0) is 4.74 Å². The molecule has 0 saturated carbocycles. The smallest absolute Gasteiger partial charge is 0.0627 e. The number of nitrogens with one attached hydrogen (secondary N) is 1. The summed E-state index contributed by atoms with van der Waals surface area (Å²) in [6.07, 6.45) is 2.29. The lowest BCUT2D eigenvalue weighted by atomic mass is 10.1. The molecule has 0 heterocycles. The first-order valence-corrected chi connectivity index (χ1v) is 5.12. The minimum Gasteiger partial charge on any atom is -0.383 e. The Morgan fingerprint density at radius 3 is 2.17 bits per heavy atom. The number of rotatable bonds is 7. The molecule has 0 aliphatic heterocycles. The van der Waals surface area contributed by atoms with Crippen LogP contribution in [0.25, 0.3) is 0 Å². The summed E-state index contributed by atoms with van der Waals surface area (Å²) in [5.74, 6) is 0.615. The Hall–Kier alpha value is 0.210. The number of halogens is 1. The van der Waals surface area contributed by atoms with Gasteiger partial charge in [-0.2, -0.15) is 0 Å². The maximum Gasteiger partial charge on any atom is 0.0627 e. The highest BCUT2D eigenvalue weighted by Crippen LogP contribution is 2.00. The van der Waals surface area contributed by atoms with E-state index in [0.29, 0.717) is 24.6 Å². The lowest BCUT2D eigenvalue weighted by Gasteiger charge is -2.21. The molecule has 0 aliphatic carbocycles. The van der Waals surface area contributed by atoms with E-state index in [4.69, 9.17) is 16.3 Å². The molecule has 0 radical (unpaired) electrons. The van der Waals surface area contributed by atoms with E-state index in [0.717, 1.165) is 12.8 Å². The molecule has 0 spiro atoms. The highest BCUT2D eigenvalue weighted by Gasteiger charge is 2.10. The van der Waals surface area contributed by atoms with E-state index in [9.17, 15) is 0 Å². The minimum atomic E-state index is 0.293. The summed E-state index contributed by atoms with van der Waals surface area (Å²) in [7, 11) is 1.70. The zero-order chi connectivity index (χ0) is 9.40. The number of methoxy groups -OCH3 is 1. The number of hydrogen-bond acceptors (Lipinski definition) is 2. The molecule has 0 bridgehead atoms. The van der Waals surface area contributed by atoms with E-state index in [2.05, 4.69) is 19.2 Å². The summed E-state index contributed by atoms with van der Waals surface area (Å²) < 4.78 is 5.04. The quantitative estimate of drug-likeness (QED) is 0.625. The van der Waals surface area contributed by atoms with Crippen LogP contribution < -0.4 is 5.32 Å². The first kappa shape index (κ1) is 12.2. The highest BCUT2D eigenvalue weighted by molar-refractivity contribution is 6.18. The molecule has 3 heteroatoms. The number of hydrogen-bond donors (Lipinski definition) is 1. The molecular weight excluding hydrogens is 174 g/mol. The first-order chi connectivity index (χ1) is 5.78. The van der Waals surface area contributed by atoms with Crippen molar-refractivity contribution in [2.45, 2.75) is 38.8 Å². The van der Waals surface area contributed by atoms with Crippen molar-refractivity contribution in [2.24, 2.45) is 0 Å². The van der Waals surface area contributed by atoms with Gasteiger partial charge in [0.15, 0.2) is 0 Å². The van der Waals surface area contributed by atoms with Gasteiger partial charge in [0.05, 0.1) is 6.61 Å². The van der Waals surface area contributed by atoms with Crippen molar-refractivity contribution in [3.63, 3.8) is 0 Å². The van der Waals surface area contributed by atoms with Crippen LogP contribution in [0.1, 0.15) is 26.7 Å². The molecule has 0 fully saturated rings. The van der Waals surface area contributed by atoms with Gasteiger partial charge in [0.1, 0.15) is 0 Å². The summed E-state index contributed by atoms with van der Waals surface area (Å²) in [6.45, 7) is 5.05. The molecule has 12 heavy (non-hydrogen) atoms. The van der Waals surface area contributed by atoms with Gasteiger partial charge in [-0.15, -0.1) is 11.6 Å². The third kappa shape index (κ3) is 4.96. The van der Waals surface area contributed by atoms with Gasteiger partial charge < -0.3 is 10.1 Å². The third-order valence-corrected chi connectivity index (χ3v) is 2.38. The van der Waals surface area contributed by atoms with Crippen LogP contribution in [-0.4, -0.2) is 31.7 Å². The standard InChI is InChI=1S/C9H20ClNO/c1-4-8(5-2)11-9(6-10)7-12-3/h8-9,11H,4-7H2,1-3H3. The molecule has 74 valence electrons.